The van der Waals surface area contributed by atoms with E-state index in [0.29, 0.717) is 0 Å². The first-order valence-electron chi connectivity index (χ1n) is 11.8. The second-order valence-electron chi connectivity index (χ2n) is 8.44. The van der Waals surface area contributed by atoms with Crippen molar-refractivity contribution in [2.75, 3.05) is 26.3 Å². The third-order valence-electron chi connectivity index (χ3n) is 5.91. The number of ether oxygens (including phenoxy) is 2. The Labute approximate surface area is 217 Å². The SMILES string of the molecule is CC(=O)OCCNC1=C(C2=C(NCCOC(C)=O)C(=O)c3ccccc3C2=O)C(=O)c2ccccc2C1=O. The predicted molar refractivity (Wildman–Crippen MR) is 134 cm³/mol. The molecule has 0 amide bonds. The summed E-state index contributed by atoms with van der Waals surface area (Å²) in [6.07, 6.45) is 0. The van der Waals surface area contributed by atoms with Crippen molar-refractivity contribution in [2.45, 2.75) is 13.8 Å². The van der Waals surface area contributed by atoms with Crippen LogP contribution in [0.15, 0.2) is 71.1 Å². The lowest BCUT2D eigenvalue weighted by atomic mass is 9.77. The molecule has 0 heterocycles. The van der Waals surface area contributed by atoms with Gasteiger partial charge in [0, 0.05) is 49.2 Å². The van der Waals surface area contributed by atoms with Gasteiger partial charge in [0.15, 0.2) is 11.6 Å². The van der Waals surface area contributed by atoms with E-state index >= 15 is 0 Å². The Morgan fingerprint density at radius 1 is 0.579 bits per heavy atom. The minimum Gasteiger partial charge on any atom is -0.464 e. The number of esters is 2. The number of rotatable bonds is 9. The molecule has 38 heavy (non-hydrogen) atoms. The van der Waals surface area contributed by atoms with E-state index in [-0.39, 0.29) is 71.1 Å². The summed E-state index contributed by atoms with van der Waals surface area (Å²) >= 11 is 0. The molecule has 0 saturated carbocycles. The van der Waals surface area contributed by atoms with Crippen molar-refractivity contribution in [3.63, 3.8) is 0 Å². The van der Waals surface area contributed by atoms with E-state index in [1.807, 2.05) is 0 Å². The molecule has 0 spiro atoms. The normalized spacial score (nSPS) is 14.7. The zero-order valence-electron chi connectivity index (χ0n) is 20.7. The van der Waals surface area contributed by atoms with Crippen LogP contribution in [0, 0.1) is 0 Å². The maximum Gasteiger partial charge on any atom is 0.302 e. The molecule has 0 unspecified atom stereocenters. The van der Waals surface area contributed by atoms with E-state index in [0.717, 1.165) is 0 Å². The molecule has 0 fully saturated rings. The van der Waals surface area contributed by atoms with Crippen molar-refractivity contribution in [3.8, 4) is 0 Å². The molecule has 2 aliphatic rings. The van der Waals surface area contributed by atoms with Crippen molar-refractivity contribution in [2.24, 2.45) is 0 Å². The van der Waals surface area contributed by atoms with Crippen molar-refractivity contribution < 1.29 is 38.2 Å². The van der Waals surface area contributed by atoms with E-state index in [1.54, 1.807) is 24.3 Å². The van der Waals surface area contributed by atoms with Gasteiger partial charge < -0.3 is 20.1 Å². The van der Waals surface area contributed by atoms with Crippen LogP contribution in [0.1, 0.15) is 55.3 Å². The molecule has 2 N–H and O–H groups in total. The zero-order chi connectivity index (χ0) is 27.4. The van der Waals surface area contributed by atoms with E-state index in [9.17, 15) is 28.8 Å². The Bertz CT molecular complexity index is 1340. The number of Topliss-reactive ketones (excluding diaryl/α,β-unsaturated/α-hetero) is 4. The summed E-state index contributed by atoms with van der Waals surface area (Å²) < 4.78 is 9.86. The molecule has 10 heteroatoms. The van der Waals surface area contributed by atoms with Gasteiger partial charge in [-0.25, -0.2) is 0 Å². The Morgan fingerprint density at radius 3 is 1.21 bits per heavy atom. The molecule has 0 aliphatic heterocycles. The van der Waals surface area contributed by atoms with Crippen molar-refractivity contribution >= 4 is 35.1 Å². The lowest BCUT2D eigenvalue weighted by molar-refractivity contribution is -0.141. The van der Waals surface area contributed by atoms with Crippen LogP contribution in [0.5, 0.6) is 0 Å². The highest BCUT2D eigenvalue weighted by atomic mass is 16.5. The van der Waals surface area contributed by atoms with Crippen LogP contribution in [0.25, 0.3) is 0 Å². The molecule has 2 aromatic carbocycles. The first kappa shape index (κ1) is 26.2. The summed E-state index contributed by atoms with van der Waals surface area (Å²) in [5.41, 5.74) is -0.453. The fourth-order valence-electron chi connectivity index (χ4n) is 4.31. The highest BCUT2D eigenvalue weighted by molar-refractivity contribution is 6.36. The summed E-state index contributed by atoms with van der Waals surface area (Å²) in [6, 6.07) is 12.3. The molecule has 0 atom stereocenters. The van der Waals surface area contributed by atoms with Gasteiger partial charge in [-0.1, -0.05) is 48.5 Å². The third kappa shape index (κ3) is 5.01. The summed E-state index contributed by atoms with van der Waals surface area (Å²) in [5, 5.41) is 5.69. The first-order valence-corrected chi connectivity index (χ1v) is 11.8. The molecule has 0 radical (unpaired) electrons. The number of carbonyl (C=O) groups excluding carboxylic acids is 6. The molecular formula is C28H24N2O8. The second kappa shape index (κ2) is 11.0. The molecule has 0 aromatic heterocycles. The van der Waals surface area contributed by atoms with E-state index < -0.39 is 35.1 Å². The first-order chi connectivity index (χ1) is 18.2. The summed E-state index contributed by atoms with van der Waals surface area (Å²) in [4.78, 5) is 77.1. The predicted octanol–water partition coefficient (Wildman–Crippen LogP) is 1.96. The number of allylic oxidation sites excluding steroid dienone is 4. The quantitative estimate of drug-likeness (QED) is 0.375. The van der Waals surface area contributed by atoms with Gasteiger partial charge in [0.25, 0.3) is 0 Å². The smallest absolute Gasteiger partial charge is 0.302 e. The highest BCUT2D eigenvalue weighted by Crippen LogP contribution is 2.36. The minimum atomic E-state index is -0.620. The lowest BCUT2D eigenvalue weighted by Crippen LogP contribution is -2.38. The van der Waals surface area contributed by atoms with E-state index in [1.165, 1.54) is 38.1 Å². The number of hydrogen-bond acceptors (Lipinski definition) is 10. The van der Waals surface area contributed by atoms with Gasteiger partial charge in [-0.15, -0.1) is 0 Å². The van der Waals surface area contributed by atoms with Crippen molar-refractivity contribution in [3.05, 3.63) is 93.3 Å². The molecule has 2 aromatic rings. The Hall–Kier alpha value is -4.86. The maximum atomic E-state index is 13.8. The topological polar surface area (TPSA) is 145 Å². The third-order valence-corrected chi connectivity index (χ3v) is 5.91. The van der Waals surface area contributed by atoms with Crippen LogP contribution in [0.4, 0.5) is 0 Å². The minimum absolute atomic E-state index is 0.0270. The summed E-state index contributed by atoms with van der Waals surface area (Å²) in [7, 11) is 0. The average Bonchev–Trinajstić information content (AvgIpc) is 2.90. The van der Waals surface area contributed by atoms with Crippen LogP contribution in [0.3, 0.4) is 0 Å². The van der Waals surface area contributed by atoms with Gasteiger partial charge in [-0.3, -0.25) is 28.8 Å². The zero-order valence-corrected chi connectivity index (χ0v) is 20.7. The maximum absolute atomic E-state index is 13.8. The molecule has 2 aliphatic carbocycles. The van der Waals surface area contributed by atoms with Crippen LogP contribution in [-0.4, -0.2) is 61.4 Å². The summed E-state index contributed by atoms with van der Waals surface area (Å²) in [6.45, 7) is 2.22. The number of nitrogens with one attached hydrogen (secondary N) is 2. The molecule has 0 saturated heterocycles. The fraction of sp³-hybridized carbons (Fsp3) is 0.214. The van der Waals surface area contributed by atoms with Gasteiger partial charge in [-0.05, 0) is 0 Å². The number of hydrogen-bond donors (Lipinski definition) is 2. The fourth-order valence-corrected chi connectivity index (χ4v) is 4.31. The monoisotopic (exact) mass is 516 g/mol. The Balaban J connectivity index is 1.88. The standard InChI is InChI=1S/C28H24N2O8/c1-15(31)37-13-11-29-23-21(25(33)17-7-3-5-9-19(17)27(23)35)22-24(30-12-14-38-16(2)32)28(36)20-10-6-4-8-18(20)26(22)34/h3-10,29-30H,11-14H2,1-2H3. The van der Waals surface area contributed by atoms with Gasteiger partial charge >= 0.3 is 11.9 Å². The van der Waals surface area contributed by atoms with Gasteiger partial charge in [0.2, 0.25) is 11.6 Å². The van der Waals surface area contributed by atoms with Crippen LogP contribution in [0.2, 0.25) is 0 Å². The summed E-state index contributed by atoms with van der Waals surface area (Å²) in [5.74, 6) is -3.39. The van der Waals surface area contributed by atoms with Crippen LogP contribution < -0.4 is 10.6 Å². The molecule has 0 bridgehead atoms. The van der Waals surface area contributed by atoms with Gasteiger partial charge in [0.1, 0.15) is 13.2 Å². The highest BCUT2D eigenvalue weighted by Gasteiger charge is 2.41. The average molecular weight is 517 g/mol. The van der Waals surface area contributed by atoms with Crippen molar-refractivity contribution in [1.82, 2.24) is 10.6 Å². The van der Waals surface area contributed by atoms with Gasteiger partial charge in [0.05, 0.1) is 22.5 Å². The van der Waals surface area contributed by atoms with E-state index in [2.05, 4.69) is 10.6 Å². The Morgan fingerprint density at radius 2 is 0.895 bits per heavy atom. The Kier molecular flexibility index (Phi) is 7.61. The molecule has 194 valence electrons. The number of carbonyl (C=O) groups is 6. The van der Waals surface area contributed by atoms with Crippen molar-refractivity contribution in [1.29, 1.82) is 0 Å². The van der Waals surface area contributed by atoms with Gasteiger partial charge in [-0.2, -0.15) is 0 Å². The molecular weight excluding hydrogens is 492 g/mol. The molecule has 4 rings (SSSR count). The number of benzene rings is 2. The lowest BCUT2D eigenvalue weighted by Gasteiger charge is -2.27. The largest absolute Gasteiger partial charge is 0.464 e. The number of fused-ring (bicyclic) bond motifs is 2. The number of ketones is 4. The molecule has 10 nitrogen and oxygen atoms in total. The van der Waals surface area contributed by atoms with Crippen LogP contribution in [-0.2, 0) is 19.1 Å². The second-order valence-corrected chi connectivity index (χ2v) is 8.44. The van der Waals surface area contributed by atoms with Crippen LogP contribution >= 0.6 is 0 Å². The van der Waals surface area contributed by atoms with E-state index in [4.69, 9.17) is 9.47 Å².